The average Bonchev–Trinajstić information content (AvgIpc) is 2.40. The molecular formula is C13H19N3O. The fraction of sp³-hybridized carbons (Fsp3) is 0.692. The second-order valence-electron chi connectivity index (χ2n) is 4.67. The van der Waals surface area contributed by atoms with Gasteiger partial charge in [0.2, 0.25) is 0 Å². The minimum atomic E-state index is 0.463. The quantitative estimate of drug-likeness (QED) is 0.534. The second-order valence-corrected chi connectivity index (χ2v) is 4.67. The molecule has 0 heterocycles. The molecule has 92 valence electrons. The van der Waals surface area contributed by atoms with Crippen LogP contribution in [0.25, 0.3) is 5.53 Å². The van der Waals surface area contributed by atoms with Gasteiger partial charge in [0.15, 0.2) is 0 Å². The van der Waals surface area contributed by atoms with E-state index in [2.05, 4.69) is 4.79 Å². The maximum Gasteiger partial charge on any atom is 0.296 e. The molecular weight excluding hydrogens is 214 g/mol. The molecule has 0 aromatic carbocycles. The Hall–Kier alpha value is -1.41. The van der Waals surface area contributed by atoms with E-state index in [-0.39, 0.29) is 0 Å². The van der Waals surface area contributed by atoms with Crippen LogP contribution < -0.4 is 0 Å². The van der Waals surface area contributed by atoms with E-state index >= 15 is 0 Å². The van der Waals surface area contributed by atoms with Crippen LogP contribution in [0.4, 0.5) is 0 Å². The highest BCUT2D eigenvalue weighted by Crippen LogP contribution is 2.23. The molecule has 0 aromatic rings. The monoisotopic (exact) mass is 233 g/mol. The smallest absolute Gasteiger partial charge is 0.296 e. The highest BCUT2D eigenvalue weighted by atomic mass is 16.5. The molecule has 0 saturated heterocycles. The van der Waals surface area contributed by atoms with Gasteiger partial charge in [-0.25, -0.2) is 0 Å². The number of ether oxygens (including phenoxy) is 1. The van der Waals surface area contributed by atoms with E-state index in [1.807, 2.05) is 0 Å². The minimum absolute atomic E-state index is 0.463. The van der Waals surface area contributed by atoms with E-state index in [4.69, 9.17) is 15.3 Å². The van der Waals surface area contributed by atoms with Crippen molar-refractivity contribution in [2.45, 2.75) is 51.0 Å². The van der Waals surface area contributed by atoms with Gasteiger partial charge in [-0.15, -0.1) is 0 Å². The van der Waals surface area contributed by atoms with Gasteiger partial charge in [0.05, 0.1) is 31.4 Å². The van der Waals surface area contributed by atoms with E-state index in [0.29, 0.717) is 11.8 Å². The van der Waals surface area contributed by atoms with E-state index < -0.39 is 0 Å². The standard InChI is InChI=1S/C13H19N3O/c1-17-13-9-11(16-14)7-8-12(13)15-10-5-3-2-4-6-10/h9-10H,2-8H2,1H3. The summed E-state index contributed by atoms with van der Waals surface area (Å²) in [6.07, 6.45) is 9.65. The van der Waals surface area contributed by atoms with Crippen molar-refractivity contribution in [1.82, 2.24) is 0 Å². The van der Waals surface area contributed by atoms with Crippen LogP contribution in [0.5, 0.6) is 0 Å². The largest absolute Gasteiger partial charge is 0.495 e. The number of aliphatic imine (C=N–C) groups is 1. The Kier molecular flexibility index (Phi) is 4.10. The summed E-state index contributed by atoms with van der Waals surface area (Å²) in [6, 6.07) is 0.463. The summed E-state index contributed by atoms with van der Waals surface area (Å²) in [5, 5.41) is 0. The SMILES string of the molecule is COC1=CC(=[N+]=[N-])CCC1=NC1CCCCC1. The van der Waals surface area contributed by atoms with Gasteiger partial charge in [0.1, 0.15) is 5.76 Å². The Labute approximate surface area is 102 Å². The molecule has 0 N–H and O–H groups in total. The molecule has 0 spiro atoms. The normalized spacial score (nSPS) is 24.4. The molecule has 0 bridgehead atoms. The second kappa shape index (κ2) is 5.78. The Morgan fingerprint density at radius 1 is 1.29 bits per heavy atom. The number of hydrogen-bond acceptors (Lipinski definition) is 2. The van der Waals surface area contributed by atoms with Crippen molar-refractivity contribution >= 4 is 11.4 Å². The minimum Gasteiger partial charge on any atom is -0.495 e. The first-order chi connectivity index (χ1) is 8.33. The Bertz CT molecular complexity index is 385. The number of nitrogens with zero attached hydrogens (tertiary/aromatic N) is 3. The van der Waals surface area contributed by atoms with Crippen molar-refractivity contribution in [3.8, 4) is 0 Å². The van der Waals surface area contributed by atoms with Crippen LogP contribution >= 0.6 is 0 Å². The molecule has 1 saturated carbocycles. The van der Waals surface area contributed by atoms with Crippen LogP contribution in [0.2, 0.25) is 0 Å². The van der Waals surface area contributed by atoms with Crippen LogP contribution in [-0.4, -0.2) is 29.4 Å². The summed E-state index contributed by atoms with van der Waals surface area (Å²) in [7, 11) is 1.64. The van der Waals surface area contributed by atoms with Gasteiger partial charge in [0.25, 0.3) is 5.71 Å². The molecule has 2 rings (SSSR count). The lowest BCUT2D eigenvalue weighted by Gasteiger charge is -2.20. The Morgan fingerprint density at radius 3 is 2.71 bits per heavy atom. The lowest BCUT2D eigenvalue weighted by atomic mass is 9.95. The molecule has 2 aliphatic carbocycles. The molecule has 0 atom stereocenters. The number of rotatable bonds is 2. The van der Waals surface area contributed by atoms with Crippen LogP contribution in [0.15, 0.2) is 16.8 Å². The number of methoxy groups -OCH3 is 1. The lowest BCUT2D eigenvalue weighted by Crippen LogP contribution is -2.19. The van der Waals surface area contributed by atoms with Crippen molar-refractivity contribution in [3.63, 3.8) is 0 Å². The van der Waals surface area contributed by atoms with Gasteiger partial charge in [-0.2, -0.15) is 4.79 Å². The third kappa shape index (κ3) is 3.04. The van der Waals surface area contributed by atoms with Crippen molar-refractivity contribution in [2.75, 3.05) is 7.11 Å². The molecule has 17 heavy (non-hydrogen) atoms. The van der Waals surface area contributed by atoms with Crippen LogP contribution in [0.1, 0.15) is 44.9 Å². The maximum atomic E-state index is 8.76. The maximum absolute atomic E-state index is 8.76. The Balaban J connectivity index is 2.14. The fourth-order valence-corrected chi connectivity index (χ4v) is 2.49. The van der Waals surface area contributed by atoms with Crippen LogP contribution in [0.3, 0.4) is 0 Å². The van der Waals surface area contributed by atoms with Gasteiger partial charge in [0, 0.05) is 6.42 Å². The summed E-state index contributed by atoms with van der Waals surface area (Å²) in [5.41, 5.74) is 10.5. The van der Waals surface area contributed by atoms with E-state index in [1.165, 1.54) is 32.1 Å². The molecule has 4 heteroatoms. The fourth-order valence-electron chi connectivity index (χ4n) is 2.49. The van der Waals surface area contributed by atoms with E-state index in [9.17, 15) is 0 Å². The summed E-state index contributed by atoms with van der Waals surface area (Å²) >= 11 is 0. The molecule has 0 unspecified atom stereocenters. The predicted octanol–water partition coefficient (Wildman–Crippen LogP) is 2.76. The number of allylic oxidation sites excluding steroid dienone is 2. The summed E-state index contributed by atoms with van der Waals surface area (Å²) in [4.78, 5) is 8.03. The summed E-state index contributed by atoms with van der Waals surface area (Å²) in [5.74, 6) is 0.759. The zero-order chi connectivity index (χ0) is 12.1. The molecule has 2 aliphatic rings. The van der Waals surface area contributed by atoms with Gasteiger partial charge >= 0.3 is 0 Å². The van der Waals surface area contributed by atoms with Crippen molar-refractivity contribution in [3.05, 3.63) is 17.4 Å². The van der Waals surface area contributed by atoms with Gasteiger partial charge in [-0.3, -0.25) is 4.99 Å². The predicted molar refractivity (Wildman–Crippen MR) is 67.3 cm³/mol. The van der Waals surface area contributed by atoms with Crippen molar-refractivity contribution in [1.29, 1.82) is 0 Å². The molecule has 0 amide bonds. The average molecular weight is 233 g/mol. The van der Waals surface area contributed by atoms with E-state index in [0.717, 1.165) is 24.3 Å². The van der Waals surface area contributed by atoms with E-state index in [1.54, 1.807) is 13.2 Å². The lowest BCUT2D eigenvalue weighted by molar-refractivity contribution is -0.00658. The first-order valence-corrected chi connectivity index (χ1v) is 6.37. The highest BCUT2D eigenvalue weighted by Gasteiger charge is 2.22. The third-order valence-electron chi connectivity index (χ3n) is 3.46. The Morgan fingerprint density at radius 2 is 2.06 bits per heavy atom. The molecule has 0 radical (unpaired) electrons. The van der Waals surface area contributed by atoms with Crippen LogP contribution in [0, 0.1) is 0 Å². The third-order valence-corrected chi connectivity index (χ3v) is 3.46. The molecule has 0 aliphatic heterocycles. The molecule has 4 nitrogen and oxygen atoms in total. The molecule has 1 fully saturated rings. The summed E-state index contributed by atoms with van der Waals surface area (Å²) < 4.78 is 5.32. The highest BCUT2D eigenvalue weighted by molar-refractivity contribution is 6.09. The first-order valence-electron chi connectivity index (χ1n) is 6.37. The topological polar surface area (TPSA) is 58.0 Å². The zero-order valence-corrected chi connectivity index (χ0v) is 10.4. The van der Waals surface area contributed by atoms with Crippen molar-refractivity contribution in [2.24, 2.45) is 4.99 Å². The summed E-state index contributed by atoms with van der Waals surface area (Å²) in [6.45, 7) is 0. The zero-order valence-electron chi connectivity index (χ0n) is 10.4. The first kappa shape index (κ1) is 12.1. The van der Waals surface area contributed by atoms with Gasteiger partial charge < -0.3 is 10.3 Å². The van der Waals surface area contributed by atoms with Gasteiger partial charge in [-0.1, -0.05) is 19.3 Å². The number of hydrogen-bond donors (Lipinski definition) is 0. The molecule has 0 aromatic heterocycles. The van der Waals surface area contributed by atoms with Gasteiger partial charge in [-0.05, 0) is 12.8 Å². The van der Waals surface area contributed by atoms with Crippen LogP contribution in [-0.2, 0) is 4.74 Å². The van der Waals surface area contributed by atoms with Crippen molar-refractivity contribution < 1.29 is 9.53 Å².